The molecule has 0 amide bonds. The third-order valence-electron chi connectivity index (χ3n) is 2.12. The van der Waals surface area contributed by atoms with E-state index in [1.54, 1.807) is 13.8 Å². The molecule has 1 rings (SSSR count). The van der Waals surface area contributed by atoms with Crippen LogP contribution in [0.15, 0.2) is 30.3 Å². The second kappa shape index (κ2) is 8.08. The van der Waals surface area contributed by atoms with Crippen molar-refractivity contribution in [2.75, 3.05) is 19.9 Å². The van der Waals surface area contributed by atoms with Crippen molar-refractivity contribution in [3.05, 3.63) is 30.3 Å². The predicted octanol–water partition coefficient (Wildman–Crippen LogP) is 2.58. The third kappa shape index (κ3) is 4.49. The minimum absolute atomic E-state index is 0.263. The van der Waals surface area contributed by atoms with E-state index in [0.717, 1.165) is 4.46 Å². The number of hydrogen-bond acceptors (Lipinski definition) is 3. The fourth-order valence-electron chi connectivity index (χ4n) is 1.40. The van der Waals surface area contributed by atoms with Crippen LogP contribution in [-0.2, 0) is 13.6 Å². The summed E-state index contributed by atoms with van der Waals surface area (Å²) in [6, 6.07) is 9.49. The van der Waals surface area contributed by atoms with Crippen molar-refractivity contribution >= 4 is 27.0 Å². The fourth-order valence-corrected chi connectivity index (χ4v) is 6.49. The average molecular weight is 339 g/mol. The van der Waals surface area contributed by atoms with Gasteiger partial charge in [0.15, 0.2) is 0 Å². The summed E-state index contributed by atoms with van der Waals surface area (Å²) in [5, 5.41) is 0. The van der Waals surface area contributed by atoms with E-state index in [9.17, 15) is 8.96 Å². The first-order valence-corrected chi connectivity index (χ1v) is 9.28. The molecule has 102 valence electrons. The van der Waals surface area contributed by atoms with E-state index in [4.69, 9.17) is 9.05 Å². The quantitative estimate of drug-likeness (QED) is 0.539. The van der Waals surface area contributed by atoms with Crippen LogP contribution in [0, 0.1) is 0 Å². The van der Waals surface area contributed by atoms with E-state index in [-0.39, 0.29) is 28.2 Å². The van der Waals surface area contributed by atoms with Crippen molar-refractivity contribution in [1.82, 2.24) is 0 Å². The molecule has 0 N–H and O–H groups in total. The summed E-state index contributed by atoms with van der Waals surface area (Å²) in [5.41, 5.74) is 0. The predicted molar refractivity (Wildman–Crippen MR) is 72.5 cm³/mol. The summed E-state index contributed by atoms with van der Waals surface area (Å²) in [6.07, 6.45) is 0. The first-order valence-electron chi connectivity index (χ1n) is 5.82. The van der Waals surface area contributed by atoms with Gasteiger partial charge in [0.2, 0.25) is 0 Å². The molecular formula is C12H18FO3PSe. The maximum absolute atomic E-state index is 13.2. The van der Waals surface area contributed by atoms with Gasteiger partial charge in [0, 0.05) is 0 Å². The summed E-state index contributed by atoms with van der Waals surface area (Å²) in [6.45, 7) is 3.30. The summed E-state index contributed by atoms with van der Waals surface area (Å²) in [7, 11) is -3.34. The Morgan fingerprint density at radius 2 is 1.78 bits per heavy atom. The Morgan fingerprint density at radius 1 is 1.22 bits per heavy atom. The summed E-state index contributed by atoms with van der Waals surface area (Å²) in [4.78, 5) is 0. The standard InChI is InChI=1S/C12H18FO3PSe/c1-3-15-17(14,16-4-2)12(10-13)18-11-8-6-5-7-9-11/h5-9,12H,3-4,10H2,1-2H3. The van der Waals surface area contributed by atoms with Gasteiger partial charge in [-0.3, -0.25) is 0 Å². The molecule has 1 unspecified atom stereocenters. The number of halogens is 1. The monoisotopic (exact) mass is 340 g/mol. The van der Waals surface area contributed by atoms with Crippen molar-refractivity contribution < 1.29 is 18.0 Å². The molecule has 0 bridgehead atoms. The van der Waals surface area contributed by atoms with Crippen LogP contribution in [0.2, 0.25) is 0 Å². The Hall–Kier alpha value is -0.181. The number of alkyl halides is 1. The van der Waals surface area contributed by atoms with Gasteiger partial charge in [0.05, 0.1) is 0 Å². The van der Waals surface area contributed by atoms with Crippen LogP contribution < -0.4 is 4.46 Å². The SMILES string of the molecule is CCOP(=O)(OCC)C(CF)[Se]c1ccccc1. The van der Waals surface area contributed by atoms with Crippen molar-refractivity contribution in [1.29, 1.82) is 0 Å². The van der Waals surface area contributed by atoms with E-state index in [2.05, 4.69) is 0 Å². The number of rotatable bonds is 8. The second-order valence-corrected chi connectivity index (χ2v) is 9.10. The molecule has 0 saturated carbocycles. The Bertz CT molecular complexity index is 378. The van der Waals surface area contributed by atoms with Gasteiger partial charge in [0.1, 0.15) is 0 Å². The molecule has 0 spiro atoms. The van der Waals surface area contributed by atoms with Crippen LogP contribution in [0.3, 0.4) is 0 Å². The van der Waals surface area contributed by atoms with Gasteiger partial charge in [-0.05, 0) is 0 Å². The van der Waals surface area contributed by atoms with Crippen LogP contribution in [0.25, 0.3) is 0 Å². The Balaban J connectivity index is 2.82. The van der Waals surface area contributed by atoms with Crippen LogP contribution in [0.1, 0.15) is 13.8 Å². The molecule has 6 heteroatoms. The maximum atomic E-state index is 13.2. The number of benzene rings is 1. The van der Waals surface area contributed by atoms with Crippen LogP contribution in [0.4, 0.5) is 4.39 Å². The van der Waals surface area contributed by atoms with E-state index in [0.29, 0.717) is 0 Å². The topological polar surface area (TPSA) is 35.5 Å². The average Bonchev–Trinajstić information content (AvgIpc) is 2.37. The van der Waals surface area contributed by atoms with Crippen LogP contribution >= 0.6 is 7.60 Å². The summed E-state index contributed by atoms with van der Waals surface area (Å²) >= 11 is -0.268. The van der Waals surface area contributed by atoms with E-state index >= 15 is 0 Å². The van der Waals surface area contributed by atoms with Gasteiger partial charge in [-0.25, -0.2) is 0 Å². The summed E-state index contributed by atoms with van der Waals surface area (Å²) in [5.74, 6) is 0. The molecule has 0 heterocycles. The number of hydrogen-bond donors (Lipinski definition) is 0. The van der Waals surface area contributed by atoms with Crippen molar-refractivity contribution in [3.63, 3.8) is 0 Å². The molecule has 0 aromatic heterocycles. The first-order chi connectivity index (χ1) is 8.66. The molecule has 3 nitrogen and oxygen atoms in total. The zero-order valence-corrected chi connectivity index (χ0v) is 13.2. The van der Waals surface area contributed by atoms with E-state index in [1.165, 1.54) is 0 Å². The second-order valence-electron chi connectivity index (χ2n) is 3.42. The van der Waals surface area contributed by atoms with Crippen LogP contribution in [-0.4, -0.2) is 39.4 Å². The molecule has 0 saturated heterocycles. The fraction of sp³-hybridized carbons (Fsp3) is 0.500. The molecule has 18 heavy (non-hydrogen) atoms. The molecule has 0 aliphatic heterocycles. The minimum atomic E-state index is -3.34. The molecule has 0 fully saturated rings. The Labute approximate surface area is 114 Å². The van der Waals surface area contributed by atoms with E-state index < -0.39 is 18.8 Å². The van der Waals surface area contributed by atoms with Gasteiger partial charge in [-0.1, -0.05) is 0 Å². The first kappa shape index (κ1) is 15.9. The van der Waals surface area contributed by atoms with Gasteiger partial charge < -0.3 is 0 Å². The Kier molecular flexibility index (Phi) is 7.13. The normalized spacial score (nSPS) is 13.5. The van der Waals surface area contributed by atoms with Gasteiger partial charge >= 0.3 is 114 Å². The molecule has 0 aliphatic carbocycles. The molecular weight excluding hydrogens is 321 g/mol. The molecule has 1 atom stereocenters. The van der Waals surface area contributed by atoms with Gasteiger partial charge in [-0.15, -0.1) is 0 Å². The zero-order chi connectivity index (χ0) is 13.4. The van der Waals surface area contributed by atoms with Gasteiger partial charge in [0.25, 0.3) is 0 Å². The molecule has 0 aliphatic rings. The molecule has 1 aromatic rings. The van der Waals surface area contributed by atoms with Crippen molar-refractivity contribution in [2.45, 2.75) is 18.4 Å². The Morgan fingerprint density at radius 3 is 2.22 bits per heavy atom. The van der Waals surface area contributed by atoms with Crippen molar-refractivity contribution in [3.8, 4) is 0 Å². The van der Waals surface area contributed by atoms with Gasteiger partial charge in [-0.2, -0.15) is 0 Å². The summed E-state index contributed by atoms with van der Waals surface area (Å²) < 4.78 is 36.4. The third-order valence-corrected chi connectivity index (χ3v) is 8.35. The van der Waals surface area contributed by atoms with Crippen molar-refractivity contribution in [2.24, 2.45) is 0 Å². The van der Waals surface area contributed by atoms with Crippen LogP contribution in [0.5, 0.6) is 0 Å². The van der Waals surface area contributed by atoms with E-state index in [1.807, 2.05) is 30.3 Å². The zero-order valence-electron chi connectivity index (χ0n) is 10.5. The molecule has 1 aromatic carbocycles. The molecule has 0 radical (unpaired) electrons.